The van der Waals surface area contributed by atoms with Crippen molar-refractivity contribution >= 4 is 50.6 Å². The number of hydrogen-bond donors (Lipinski definition) is 3. The standard InChI is InChI=1S/C21H18F3N5O2S/c22-21(23,24)11-3-1-5-13(9-11)29-14-6-8-26-19-15(14)16(28-20(29)31)17(32-19)18(30)27-12-4-2-7-25-10-12/h1,3,5-6,8-9,12,25H,2,4,7,10H2,(H,27,30)(H,28,31). The molecule has 1 saturated heterocycles. The van der Waals surface area contributed by atoms with Crippen molar-refractivity contribution in [2.24, 2.45) is 0 Å². The Morgan fingerprint density at radius 1 is 1.28 bits per heavy atom. The van der Waals surface area contributed by atoms with Crippen molar-refractivity contribution in [2.75, 3.05) is 23.3 Å². The zero-order valence-electron chi connectivity index (χ0n) is 16.6. The summed E-state index contributed by atoms with van der Waals surface area (Å²) in [6.45, 7) is 1.58. The summed E-state index contributed by atoms with van der Waals surface area (Å²) in [6, 6.07) is 5.47. The normalized spacial score (nSPS) is 18.5. The average molecular weight is 461 g/mol. The molecule has 2 aliphatic heterocycles. The minimum absolute atomic E-state index is 0.0120. The highest BCUT2D eigenvalue weighted by atomic mass is 32.1. The number of carbonyl (C=O) groups is 2. The predicted octanol–water partition coefficient (Wildman–Crippen LogP) is 4.48. The molecule has 2 aromatic heterocycles. The summed E-state index contributed by atoms with van der Waals surface area (Å²) in [6.07, 6.45) is -1.25. The van der Waals surface area contributed by atoms with Gasteiger partial charge in [0.05, 0.1) is 28.0 Å². The summed E-state index contributed by atoms with van der Waals surface area (Å²) in [5.74, 6) is -0.310. The molecule has 4 heterocycles. The SMILES string of the molecule is O=C(NC1CCCNC1)c1sc2nccc3c2c1NC(=O)N3c1cccc(C(F)(F)F)c1. The maximum Gasteiger partial charge on any atom is 0.416 e. The van der Waals surface area contributed by atoms with Crippen LogP contribution in [-0.4, -0.2) is 36.1 Å². The lowest BCUT2D eigenvalue weighted by Crippen LogP contribution is -2.45. The van der Waals surface area contributed by atoms with Crippen LogP contribution < -0.4 is 20.9 Å². The second kappa shape index (κ2) is 7.75. The van der Waals surface area contributed by atoms with E-state index in [4.69, 9.17) is 0 Å². The van der Waals surface area contributed by atoms with E-state index in [1.807, 2.05) is 0 Å². The van der Waals surface area contributed by atoms with E-state index in [9.17, 15) is 22.8 Å². The number of anilines is 3. The maximum absolute atomic E-state index is 13.2. The molecule has 3 N–H and O–H groups in total. The Bertz CT molecular complexity index is 1220. The van der Waals surface area contributed by atoms with Gasteiger partial charge in [-0.3, -0.25) is 9.69 Å². The molecule has 2 aliphatic rings. The van der Waals surface area contributed by atoms with Crippen molar-refractivity contribution in [1.29, 1.82) is 0 Å². The summed E-state index contributed by atoms with van der Waals surface area (Å²) in [4.78, 5) is 32.3. The van der Waals surface area contributed by atoms with Gasteiger partial charge < -0.3 is 16.0 Å². The van der Waals surface area contributed by atoms with Gasteiger partial charge in [0, 0.05) is 18.8 Å². The molecule has 0 spiro atoms. The van der Waals surface area contributed by atoms with E-state index in [0.717, 1.165) is 42.9 Å². The third kappa shape index (κ3) is 3.56. The number of nitrogens with zero attached hydrogens (tertiary/aromatic N) is 2. The zero-order valence-corrected chi connectivity index (χ0v) is 17.4. The number of piperidine rings is 1. The molecular formula is C21H18F3N5O2S. The van der Waals surface area contributed by atoms with Crippen LogP contribution in [0.5, 0.6) is 0 Å². The Morgan fingerprint density at radius 2 is 2.12 bits per heavy atom. The number of alkyl halides is 3. The summed E-state index contributed by atoms with van der Waals surface area (Å²) in [5.41, 5.74) is -0.0726. The number of aromatic nitrogens is 1. The van der Waals surface area contributed by atoms with Crippen molar-refractivity contribution in [2.45, 2.75) is 25.1 Å². The van der Waals surface area contributed by atoms with Crippen molar-refractivity contribution in [3.8, 4) is 0 Å². The molecular weight excluding hydrogens is 443 g/mol. The highest BCUT2D eigenvalue weighted by Gasteiger charge is 2.35. The lowest BCUT2D eigenvalue weighted by Gasteiger charge is -2.29. The van der Waals surface area contributed by atoms with Crippen LogP contribution in [0.3, 0.4) is 0 Å². The van der Waals surface area contributed by atoms with E-state index >= 15 is 0 Å². The van der Waals surface area contributed by atoms with Gasteiger partial charge in [-0.15, -0.1) is 11.3 Å². The van der Waals surface area contributed by atoms with Crippen LogP contribution in [0.2, 0.25) is 0 Å². The van der Waals surface area contributed by atoms with Crippen LogP contribution in [0.4, 0.5) is 35.0 Å². The molecule has 1 fully saturated rings. The predicted molar refractivity (Wildman–Crippen MR) is 116 cm³/mol. The number of nitrogens with one attached hydrogen (secondary N) is 3. The van der Waals surface area contributed by atoms with E-state index in [0.29, 0.717) is 33.0 Å². The first kappa shape index (κ1) is 20.7. The Morgan fingerprint density at radius 3 is 2.88 bits per heavy atom. The number of rotatable bonds is 3. The smallest absolute Gasteiger partial charge is 0.347 e. The second-order valence-electron chi connectivity index (χ2n) is 7.65. The lowest BCUT2D eigenvalue weighted by atomic mass is 10.1. The molecule has 0 saturated carbocycles. The third-order valence-corrected chi connectivity index (χ3v) is 6.61. The van der Waals surface area contributed by atoms with Gasteiger partial charge in [0.15, 0.2) is 0 Å². The van der Waals surface area contributed by atoms with E-state index in [1.165, 1.54) is 23.2 Å². The third-order valence-electron chi connectivity index (χ3n) is 5.52. The van der Waals surface area contributed by atoms with Crippen LogP contribution in [0.1, 0.15) is 28.1 Å². The molecule has 7 nitrogen and oxygen atoms in total. The van der Waals surface area contributed by atoms with Crippen LogP contribution in [0, 0.1) is 0 Å². The van der Waals surface area contributed by atoms with E-state index in [1.54, 1.807) is 6.07 Å². The average Bonchev–Trinajstić information content (AvgIpc) is 3.14. The highest BCUT2D eigenvalue weighted by molar-refractivity contribution is 7.21. The molecule has 5 rings (SSSR count). The largest absolute Gasteiger partial charge is 0.416 e. The summed E-state index contributed by atoms with van der Waals surface area (Å²) < 4.78 is 39.6. The van der Waals surface area contributed by atoms with Crippen LogP contribution >= 0.6 is 11.3 Å². The first-order valence-corrected chi connectivity index (χ1v) is 10.9. The van der Waals surface area contributed by atoms with Gasteiger partial charge in [-0.05, 0) is 43.7 Å². The molecule has 0 aliphatic carbocycles. The molecule has 0 radical (unpaired) electrons. The fourth-order valence-electron chi connectivity index (χ4n) is 4.05. The molecule has 1 unspecified atom stereocenters. The molecule has 32 heavy (non-hydrogen) atoms. The number of thiophene rings is 1. The number of halogens is 3. The fourth-order valence-corrected chi connectivity index (χ4v) is 5.07. The van der Waals surface area contributed by atoms with Crippen molar-refractivity contribution in [1.82, 2.24) is 15.6 Å². The van der Waals surface area contributed by atoms with Gasteiger partial charge >= 0.3 is 12.2 Å². The van der Waals surface area contributed by atoms with Gasteiger partial charge in [0.1, 0.15) is 9.71 Å². The van der Waals surface area contributed by atoms with E-state index < -0.39 is 17.8 Å². The zero-order chi connectivity index (χ0) is 22.5. The number of amides is 3. The fraction of sp³-hybridized carbons (Fsp3) is 0.286. The Balaban J connectivity index is 1.56. The van der Waals surface area contributed by atoms with E-state index in [-0.39, 0.29) is 17.6 Å². The Hall–Kier alpha value is -3.18. The monoisotopic (exact) mass is 461 g/mol. The number of carbonyl (C=O) groups excluding carboxylic acids is 2. The molecule has 11 heteroatoms. The number of benzene rings is 1. The van der Waals surface area contributed by atoms with Gasteiger partial charge in [-0.2, -0.15) is 13.2 Å². The van der Waals surface area contributed by atoms with Crippen LogP contribution in [0.15, 0.2) is 36.5 Å². The number of pyridine rings is 1. The lowest BCUT2D eigenvalue weighted by molar-refractivity contribution is -0.137. The van der Waals surface area contributed by atoms with Gasteiger partial charge in [0.2, 0.25) is 0 Å². The van der Waals surface area contributed by atoms with Crippen LogP contribution in [0.25, 0.3) is 10.2 Å². The molecule has 3 aromatic rings. The molecule has 3 amide bonds. The van der Waals surface area contributed by atoms with Crippen LogP contribution in [-0.2, 0) is 6.18 Å². The van der Waals surface area contributed by atoms with Gasteiger partial charge in [-0.25, -0.2) is 9.78 Å². The minimum Gasteiger partial charge on any atom is -0.347 e. The molecule has 166 valence electrons. The highest BCUT2D eigenvalue weighted by Crippen LogP contribution is 2.46. The summed E-state index contributed by atoms with van der Waals surface area (Å²) in [5, 5.41) is 9.45. The van der Waals surface area contributed by atoms with Crippen molar-refractivity contribution in [3.05, 3.63) is 47.0 Å². The molecule has 1 aromatic carbocycles. The summed E-state index contributed by atoms with van der Waals surface area (Å²) >= 11 is 1.14. The quantitative estimate of drug-likeness (QED) is 0.537. The van der Waals surface area contributed by atoms with Crippen molar-refractivity contribution < 1.29 is 22.8 Å². The Kier molecular flexibility index (Phi) is 5.01. The number of urea groups is 1. The summed E-state index contributed by atoms with van der Waals surface area (Å²) in [7, 11) is 0. The topological polar surface area (TPSA) is 86.4 Å². The van der Waals surface area contributed by atoms with Gasteiger partial charge in [0.25, 0.3) is 5.91 Å². The maximum atomic E-state index is 13.2. The Labute approximate surface area is 184 Å². The molecule has 1 atom stereocenters. The van der Waals surface area contributed by atoms with Gasteiger partial charge in [-0.1, -0.05) is 6.07 Å². The number of hydrogen-bond acceptors (Lipinski definition) is 5. The first-order chi connectivity index (χ1) is 15.3. The second-order valence-corrected chi connectivity index (χ2v) is 8.65. The van der Waals surface area contributed by atoms with Crippen molar-refractivity contribution in [3.63, 3.8) is 0 Å². The molecule has 0 bridgehead atoms. The van der Waals surface area contributed by atoms with E-state index in [2.05, 4.69) is 20.9 Å². The first-order valence-electron chi connectivity index (χ1n) is 10.0. The minimum atomic E-state index is -4.54.